The average Bonchev–Trinajstić information content (AvgIpc) is 3.00. The van der Waals surface area contributed by atoms with E-state index in [0.717, 1.165) is 21.0 Å². The topological polar surface area (TPSA) is 54.9 Å². The van der Waals surface area contributed by atoms with Gasteiger partial charge >= 0.3 is 0 Å². The Morgan fingerprint density at radius 3 is 2.67 bits per heavy atom. The lowest BCUT2D eigenvalue weighted by molar-refractivity contribution is 0.102. The second kappa shape index (κ2) is 5.75. The summed E-state index contributed by atoms with van der Waals surface area (Å²) in [5.41, 5.74) is 1.74. The Labute approximate surface area is 134 Å². The van der Waals surface area contributed by atoms with Gasteiger partial charge in [-0.2, -0.15) is 0 Å². The summed E-state index contributed by atoms with van der Waals surface area (Å²) >= 11 is 4.68. The minimum atomic E-state index is 0.0481. The molecule has 0 bridgehead atoms. The van der Waals surface area contributed by atoms with E-state index in [1.54, 1.807) is 30.0 Å². The van der Waals surface area contributed by atoms with Gasteiger partial charge in [-0.15, -0.1) is 11.8 Å². The van der Waals surface area contributed by atoms with E-state index in [-0.39, 0.29) is 5.78 Å². The lowest BCUT2D eigenvalue weighted by Gasteiger charge is -1.94. The van der Waals surface area contributed by atoms with Crippen molar-refractivity contribution in [3.05, 3.63) is 28.8 Å². The number of carbonyl (C=O) groups excluding carboxylic acids is 1. The number of anilines is 2. The smallest absolute Gasteiger partial charge is 0.190 e. The van der Waals surface area contributed by atoms with Gasteiger partial charge in [0.05, 0.1) is 20.8 Å². The van der Waals surface area contributed by atoms with Gasteiger partial charge in [-0.3, -0.25) is 4.79 Å². The first-order chi connectivity index (χ1) is 10.1. The summed E-state index contributed by atoms with van der Waals surface area (Å²) in [4.78, 5) is 22.3. The maximum atomic E-state index is 11.5. The number of carbonyl (C=O) groups is 1. The summed E-state index contributed by atoms with van der Waals surface area (Å²) in [5, 5.41) is 4.71. The van der Waals surface area contributed by atoms with Crippen molar-refractivity contribution < 1.29 is 4.79 Å². The monoisotopic (exact) mass is 335 g/mol. The van der Waals surface area contributed by atoms with Gasteiger partial charge in [0.1, 0.15) is 0 Å². The summed E-state index contributed by atoms with van der Waals surface area (Å²) < 4.78 is 1.14. The molecule has 0 amide bonds. The molecular formula is C14H13N3OS3. The molecule has 0 aliphatic carbocycles. The molecule has 4 nitrogen and oxygen atoms in total. The predicted octanol–water partition coefficient (Wildman–Crippen LogP) is 4.73. The van der Waals surface area contributed by atoms with Crippen molar-refractivity contribution >= 4 is 60.7 Å². The molecule has 3 rings (SSSR count). The molecule has 2 aromatic heterocycles. The van der Waals surface area contributed by atoms with Crippen LogP contribution in [0.2, 0.25) is 0 Å². The molecule has 0 spiro atoms. The molecule has 7 heteroatoms. The first kappa shape index (κ1) is 14.5. The molecule has 0 unspecified atom stereocenters. The normalized spacial score (nSPS) is 11.0. The fourth-order valence-electron chi connectivity index (χ4n) is 1.95. The van der Waals surface area contributed by atoms with Crippen LogP contribution < -0.4 is 5.32 Å². The van der Waals surface area contributed by atoms with Crippen LogP contribution >= 0.6 is 34.4 Å². The van der Waals surface area contributed by atoms with Gasteiger partial charge in [0.2, 0.25) is 0 Å². The molecule has 0 aliphatic rings. The van der Waals surface area contributed by atoms with Crippen molar-refractivity contribution in [2.75, 3.05) is 11.6 Å². The molecule has 108 valence electrons. The van der Waals surface area contributed by atoms with Crippen LogP contribution in [0.25, 0.3) is 10.2 Å². The van der Waals surface area contributed by atoms with Crippen LogP contribution in [0.15, 0.2) is 23.1 Å². The van der Waals surface area contributed by atoms with E-state index in [1.165, 1.54) is 16.2 Å². The molecule has 0 atom stereocenters. The van der Waals surface area contributed by atoms with Gasteiger partial charge in [0.15, 0.2) is 16.0 Å². The Morgan fingerprint density at radius 2 is 2.00 bits per heavy atom. The Bertz CT molecular complexity index is 822. The quantitative estimate of drug-likeness (QED) is 0.552. The standard InChI is InChI=1S/C14H13N3OS3/c1-7-12(8(2)18)21-13(15-7)17-14-16-10-5-4-9(19-3)6-11(10)20-14/h4-6H,1-3H3,(H,15,16,17). The summed E-state index contributed by atoms with van der Waals surface area (Å²) in [7, 11) is 0. The minimum absolute atomic E-state index is 0.0481. The zero-order chi connectivity index (χ0) is 15.0. The SMILES string of the molecule is CSc1ccc2nc(Nc3nc(C)c(C(C)=O)s3)sc2c1. The van der Waals surface area contributed by atoms with Gasteiger partial charge < -0.3 is 5.32 Å². The van der Waals surface area contributed by atoms with E-state index in [2.05, 4.69) is 33.7 Å². The largest absolute Gasteiger partial charge is 0.307 e. The van der Waals surface area contributed by atoms with Crippen molar-refractivity contribution in [2.45, 2.75) is 18.7 Å². The molecule has 0 radical (unpaired) electrons. The second-order valence-electron chi connectivity index (χ2n) is 4.47. The van der Waals surface area contributed by atoms with Crippen molar-refractivity contribution in [3.8, 4) is 0 Å². The highest BCUT2D eigenvalue weighted by molar-refractivity contribution is 7.98. The Balaban J connectivity index is 1.91. The third-order valence-corrected chi connectivity index (χ3v) is 5.76. The molecule has 2 heterocycles. The molecule has 0 aliphatic heterocycles. The van der Waals surface area contributed by atoms with Crippen LogP contribution in [-0.4, -0.2) is 22.0 Å². The molecule has 1 N–H and O–H groups in total. The summed E-state index contributed by atoms with van der Waals surface area (Å²) in [5.74, 6) is 0.0481. The number of aromatic nitrogens is 2. The van der Waals surface area contributed by atoms with Gasteiger partial charge in [-0.25, -0.2) is 9.97 Å². The van der Waals surface area contributed by atoms with Crippen molar-refractivity contribution in [3.63, 3.8) is 0 Å². The zero-order valence-electron chi connectivity index (χ0n) is 11.8. The van der Waals surface area contributed by atoms with Gasteiger partial charge in [0, 0.05) is 11.8 Å². The Morgan fingerprint density at radius 1 is 1.24 bits per heavy atom. The third-order valence-electron chi connectivity index (χ3n) is 2.93. The third kappa shape index (κ3) is 2.95. The maximum absolute atomic E-state index is 11.5. The van der Waals surface area contributed by atoms with E-state index < -0.39 is 0 Å². The molecule has 0 saturated heterocycles. The predicted molar refractivity (Wildman–Crippen MR) is 91.5 cm³/mol. The second-order valence-corrected chi connectivity index (χ2v) is 7.38. The molecular weight excluding hydrogens is 322 g/mol. The Hall–Kier alpha value is -1.44. The van der Waals surface area contributed by atoms with Crippen LogP contribution in [0.4, 0.5) is 10.3 Å². The van der Waals surface area contributed by atoms with E-state index in [1.807, 2.05) is 13.0 Å². The zero-order valence-corrected chi connectivity index (χ0v) is 14.2. The van der Waals surface area contributed by atoms with Crippen molar-refractivity contribution in [1.82, 2.24) is 9.97 Å². The Kier molecular flexibility index (Phi) is 3.97. The van der Waals surface area contributed by atoms with Crippen LogP contribution in [0.5, 0.6) is 0 Å². The minimum Gasteiger partial charge on any atom is -0.307 e. The molecule has 1 aromatic carbocycles. The molecule has 21 heavy (non-hydrogen) atoms. The highest BCUT2D eigenvalue weighted by atomic mass is 32.2. The number of thiazole rings is 2. The number of thioether (sulfide) groups is 1. The highest BCUT2D eigenvalue weighted by Gasteiger charge is 2.13. The fourth-order valence-corrected chi connectivity index (χ4v) is 4.30. The fraction of sp³-hybridized carbons (Fsp3) is 0.214. The van der Waals surface area contributed by atoms with Gasteiger partial charge in [-0.05, 0) is 31.4 Å². The molecule has 0 saturated carbocycles. The lowest BCUT2D eigenvalue weighted by atomic mass is 10.3. The van der Waals surface area contributed by atoms with Crippen LogP contribution in [0, 0.1) is 6.92 Å². The van der Waals surface area contributed by atoms with Crippen LogP contribution in [0.1, 0.15) is 22.3 Å². The molecule has 3 aromatic rings. The number of nitrogens with zero attached hydrogens (tertiary/aromatic N) is 2. The van der Waals surface area contributed by atoms with Crippen molar-refractivity contribution in [2.24, 2.45) is 0 Å². The summed E-state index contributed by atoms with van der Waals surface area (Å²) in [6.07, 6.45) is 2.06. The number of ketones is 1. The van der Waals surface area contributed by atoms with Gasteiger partial charge in [-0.1, -0.05) is 22.7 Å². The average molecular weight is 335 g/mol. The van der Waals surface area contributed by atoms with Gasteiger partial charge in [0.25, 0.3) is 0 Å². The number of aryl methyl sites for hydroxylation is 1. The number of nitrogens with one attached hydrogen (secondary N) is 1. The van der Waals surface area contributed by atoms with E-state index >= 15 is 0 Å². The van der Waals surface area contributed by atoms with E-state index in [9.17, 15) is 4.79 Å². The van der Waals surface area contributed by atoms with Crippen LogP contribution in [0.3, 0.4) is 0 Å². The number of benzene rings is 1. The number of Topliss-reactive ketones (excluding diaryl/α,β-unsaturated/α-hetero) is 1. The summed E-state index contributed by atoms with van der Waals surface area (Å²) in [6, 6.07) is 6.23. The lowest BCUT2D eigenvalue weighted by Crippen LogP contribution is -1.89. The van der Waals surface area contributed by atoms with E-state index in [4.69, 9.17) is 0 Å². The highest BCUT2D eigenvalue weighted by Crippen LogP contribution is 2.32. The number of rotatable bonds is 4. The molecule has 0 fully saturated rings. The number of hydrogen-bond acceptors (Lipinski definition) is 7. The van der Waals surface area contributed by atoms with E-state index in [0.29, 0.717) is 10.0 Å². The number of fused-ring (bicyclic) bond motifs is 1. The maximum Gasteiger partial charge on any atom is 0.190 e. The van der Waals surface area contributed by atoms with Crippen molar-refractivity contribution in [1.29, 1.82) is 0 Å². The summed E-state index contributed by atoms with van der Waals surface area (Å²) in [6.45, 7) is 3.41. The first-order valence-electron chi connectivity index (χ1n) is 6.27. The first-order valence-corrected chi connectivity index (χ1v) is 9.12. The van der Waals surface area contributed by atoms with Crippen LogP contribution in [-0.2, 0) is 0 Å². The number of hydrogen-bond donors (Lipinski definition) is 1.